The van der Waals surface area contributed by atoms with Gasteiger partial charge in [0.05, 0.1) is 17.3 Å². The Bertz CT molecular complexity index is 1190. The summed E-state index contributed by atoms with van der Waals surface area (Å²) in [7, 11) is 0. The lowest BCUT2D eigenvalue weighted by Gasteiger charge is -2.33. The van der Waals surface area contributed by atoms with Crippen LogP contribution in [0.4, 0.5) is 0 Å². The molecule has 8 heteroatoms. The smallest absolute Gasteiger partial charge is 0.257 e. The van der Waals surface area contributed by atoms with E-state index >= 15 is 0 Å². The van der Waals surface area contributed by atoms with Crippen LogP contribution in [-0.4, -0.2) is 48.6 Å². The van der Waals surface area contributed by atoms with Crippen molar-refractivity contribution in [2.24, 2.45) is 5.10 Å². The summed E-state index contributed by atoms with van der Waals surface area (Å²) < 4.78 is 5.82. The van der Waals surface area contributed by atoms with Gasteiger partial charge in [-0.3, -0.25) is 14.5 Å². The minimum atomic E-state index is -0.252. The Morgan fingerprint density at radius 2 is 1.73 bits per heavy atom. The van der Waals surface area contributed by atoms with E-state index in [0.29, 0.717) is 35.1 Å². The van der Waals surface area contributed by atoms with Gasteiger partial charge >= 0.3 is 0 Å². The van der Waals surface area contributed by atoms with Crippen molar-refractivity contribution in [3.05, 3.63) is 83.1 Å². The zero-order valence-corrected chi connectivity index (χ0v) is 21.6. The number of nitrogens with zero attached hydrogens (tertiary/aromatic N) is 2. The van der Waals surface area contributed by atoms with Crippen LogP contribution in [-0.2, 0) is 4.79 Å². The summed E-state index contributed by atoms with van der Waals surface area (Å²) in [5.74, 6) is 0.975. The van der Waals surface area contributed by atoms with Crippen LogP contribution < -0.4 is 10.7 Å². The van der Waals surface area contributed by atoms with E-state index in [9.17, 15) is 9.59 Å². The number of nitrogens with one attached hydrogen (secondary N) is 2. The molecular weight excluding hydrogens is 488 g/mol. The van der Waals surface area contributed by atoms with E-state index in [1.54, 1.807) is 18.2 Å². The Labute approximate surface area is 222 Å². The highest BCUT2D eigenvalue weighted by atomic mass is 35.5. The van der Waals surface area contributed by atoms with Crippen molar-refractivity contribution >= 4 is 29.6 Å². The maximum absolute atomic E-state index is 13.1. The number of amides is 2. The van der Waals surface area contributed by atoms with Crippen LogP contribution in [0, 0.1) is 0 Å². The lowest BCUT2D eigenvalue weighted by molar-refractivity contribution is -0.127. The lowest BCUT2D eigenvalue weighted by Crippen LogP contribution is -2.47. The largest absolute Gasteiger partial charge is 0.455 e. The second-order valence-electron chi connectivity index (χ2n) is 9.15. The average Bonchev–Trinajstić information content (AvgIpc) is 3.40. The molecule has 1 unspecified atom stereocenters. The second-order valence-corrected chi connectivity index (χ2v) is 9.55. The number of halogens is 1. The predicted octanol–water partition coefficient (Wildman–Crippen LogP) is 5.50. The topological polar surface area (TPSA) is 86.9 Å². The van der Waals surface area contributed by atoms with Crippen molar-refractivity contribution in [2.45, 2.75) is 44.6 Å². The first-order valence-corrected chi connectivity index (χ1v) is 13.2. The molecule has 0 bridgehead atoms. The van der Waals surface area contributed by atoms with Crippen molar-refractivity contribution in [1.29, 1.82) is 0 Å². The minimum absolute atomic E-state index is 0.0733. The van der Waals surface area contributed by atoms with Gasteiger partial charge in [0.1, 0.15) is 11.5 Å². The molecule has 1 atom stereocenters. The molecule has 2 N–H and O–H groups in total. The summed E-state index contributed by atoms with van der Waals surface area (Å²) in [5, 5.41) is 7.72. The zero-order chi connectivity index (χ0) is 25.9. The van der Waals surface area contributed by atoms with Gasteiger partial charge in [-0.2, -0.15) is 5.10 Å². The van der Waals surface area contributed by atoms with Crippen LogP contribution in [0.5, 0.6) is 0 Å². The number of hydrogen-bond donors (Lipinski definition) is 2. The third-order valence-corrected chi connectivity index (χ3v) is 6.82. The maximum Gasteiger partial charge on any atom is 0.257 e. The standard InChI is InChI=1S/C29H33ClN4O3/c30-25-14-6-5-13-24(25)27-17-16-23(37-27)21-32-33-29(36)26(34-19-9-2-10-20-34)15-7-8-18-31-28(35)22-11-3-1-4-12-22/h1,3-6,11-14,16-17,21,26H,2,7-10,15,18-20H2,(H,31,35)(H,33,36)/b32-21+. The summed E-state index contributed by atoms with van der Waals surface area (Å²) in [6.45, 7) is 2.39. The van der Waals surface area contributed by atoms with E-state index in [2.05, 4.69) is 20.7 Å². The first kappa shape index (κ1) is 26.6. The average molecular weight is 521 g/mol. The maximum atomic E-state index is 13.1. The first-order chi connectivity index (χ1) is 18.1. The third-order valence-electron chi connectivity index (χ3n) is 6.49. The number of carbonyl (C=O) groups is 2. The van der Waals surface area contributed by atoms with E-state index in [1.165, 1.54) is 12.6 Å². The number of piperidine rings is 1. The fourth-order valence-electron chi connectivity index (χ4n) is 4.53. The first-order valence-electron chi connectivity index (χ1n) is 12.9. The Morgan fingerprint density at radius 3 is 2.51 bits per heavy atom. The summed E-state index contributed by atoms with van der Waals surface area (Å²) in [6.07, 6.45) is 7.23. The molecular formula is C29H33ClN4O3. The van der Waals surface area contributed by atoms with Gasteiger partial charge in [0, 0.05) is 17.7 Å². The molecule has 0 spiro atoms. The molecule has 0 aliphatic carbocycles. The van der Waals surface area contributed by atoms with Gasteiger partial charge in [-0.25, -0.2) is 5.43 Å². The molecule has 37 heavy (non-hydrogen) atoms. The number of hydrogen-bond acceptors (Lipinski definition) is 5. The van der Waals surface area contributed by atoms with Gasteiger partial charge in [0.15, 0.2) is 0 Å². The number of benzene rings is 2. The Morgan fingerprint density at radius 1 is 0.973 bits per heavy atom. The fraction of sp³-hybridized carbons (Fsp3) is 0.345. The van der Waals surface area contributed by atoms with Gasteiger partial charge in [0.25, 0.3) is 11.8 Å². The number of unbranched alkanes of at least 4 members (excludes halogenated alkanes) is 1. The molecule has 1 fully saturated rings. The van der Waals surface area contributed by atoms with E-state index < -0.39 is 0 Å². The van der Waals surface area contributed by atoms with Gasteiger partial charge in [-0.15, -0.1) is 0 Å². The minimum Gasteiger partial charge on any atom is -0.455 e. The van der Waals surface area contributed by atoms with Gasteiger partial charge in [-0.1, -0.05) is 48.4 Å². The fourth-order valence-corrected chi connectivity index (χ4v) is 4.76. The molecule has 4 rings (SSSR count). The van der Waals surface area contributed by atoms with E-state index in [4.69, 9.17) is 16.0 Å². The van der Waals surface area contributed by atoms with Crippen LogP contribution in [0.3, 0.4) is 0 Å². The second kappa shape index (κ2) is 13.8. The monoisotopic (exact) mass is 520 g/mol. The molecule has 0 radical (unpaired) electrons. The quantitative estimate of drug-likeness (QED) is 0.198. The predicted molar refractivity (Wildman–Crippen MR) is 147 cm³/mol. The Hall–Kier alpha value is -3.42. The summed E-state index contributed by atoms with van der Waals surface area (Å²) >= 11 is 6.25. The molecule has 1 aliphatic rings. The summed E-state index contributed by atoms with van der Waals surface area (Å²) in [6, 6.07) is 20.0. The molecule has 2 heterocycles. The zero-order valence-electron chi connectivity index (χ0n) is 20.9. The molecule has 2 aromatic carbocycles. The molecule has 2 amide bonds. The van der Waals surface area contributed by atoms with E-state index in [0.717, 1.165) is 44.3 Å². The highest BCUT2D eigenvalue weighted by Crippen LogP contribution is 2.28. The number of furan rings is 1. The Balaban J connectivity index is 1.28. The van der Waals surface area contributed by atoms with Crippen LogP contribution in [0.1, 0.15) is 54.6 Å². The SMILES string of the molecule is O=C(NCCCCC(C(=O)N/N=C/c1ccc(-c2ccccc2Cl)o1)N1CCCCC1)c1ccccc1. The van der Waals surface area contributed by atoms with Crippen molar-refractivity contribution in [1.82, 2.24) is 15.6 Å². The van der Waals surface area contributed by atoms with Crippen molar-refractivity contribution < 1.29 is 14.0 Å². The van der Waals surface area contributed by atoms with E-state index in [-0.39, 0.29) is 17.9 Å². The normalized spacial score (nSPS) is 14.9. The third kappa shape index (κ3) is 7.78. The van der Waals surface area contributed by atoms with Gasteiger partial charge in [0.2, 0.25) is 0 Å². The number of carbonyl (C=O) groups excluding carboxylic acids is 2. The highest BCUT2D eigenvalue weighted by molar-refractivity contribution is 6.33. The Kier molecular flexibility index (Phi) is 9.91. The molecule has 1 aliphatic heterocycles. The van der Waals surface area contributed by atoms with Crippen LogP contribution in [0.25, 0.3) is 11.3 Å². The molecule has 0 saturated carbocycles. The number of hydrazone groups is 1. The lowest BCUT2D eigenvalue weighted by atomic mass is 10.0. The summed E-state index contributed by atoms with van der Waals surface area (Å²) in [5.41, 5.74) is 4.16. The van der Waals surface area contributed by atoms with E-state index in [1.807, 2.05) is 48.5 Å². The van der Waals surface area contributed by atoms with Gasteiger partial charge < -0.3 is 9.73 Å². The number of rotatable bonds is 11. The van der Waals surface area contributed by atoms with Crippen molar-refractivity contribution in [2.75, 3.05) is 19.6 Å². The molecule has 7 nitrogen and oxygen atoms in total. The summed E-state index contributed by atoms with van der Waals surface area (Å²) in [4.78, 5) is 27.5. The number of likely N-dealkylation sites (tertiary alicyclic amines) is 1. The van der Waals surface area contributed by atoms with Crippen molar-refractivity contribution in [3.63, 3.8) is 0 Å². The molecule has 1 saturated heterocycles. The molecule has 3 aromatic rings. The van der Waals surface area contributed by atoms with Gasteiger partial charge in [-0.05, 0) is 81.6 Å². The highest BCUT2D eigenvalue weighted by Gasteiger charge is 2.26. The van der Waals surface area contributed by atoms with Crippen LogP contribution in [0.15, 0.2) is 76.2 Å². The van der Waals surface area contributed by atoms with Crippen LogP contribution >= 0.6 is 11.6 Å². The molecule has 194 valence electrons. The molecule has 1 aromatic heterocycles. The van der Waals surface area contributed by atoms with Crippen LogP contribution in [0.2, 0.25) is 5.02 Å². The van der Waals surface area contributed by atoms with Crippen molar-refractivity contribution in [3.8, 4) is 11.3 Å².